The zero-order valence-electron chi connectivity index (χ0n) is 23.8. The number of anilines is 3. The smallest absolute Gasteiger partial charge is 0.416 e. The number of nitrogens with zero attached hydrogens (tertiary/aromatic N) is 5. The van der Waals surface area contributed by atoms with Crippen molar-refractivity contribution in [2.45, 2.75) is 57.9 Å². The Kier molecular flexibility index (Phi) is 9.18. The maximum absolute atomic E-state index is 15.8. The molecule has 4 heterocycles. The number of piperazine rings is 1. The molecule has 43 heavy (non-hydrogen) atoms. The molecular weight excluding hydrogens is 591 g/mol. The van der Waals surface area contributed by atoms with E-state index in [9.17, 15) is 22.4 Å². The Labute approximate surface area is 250 Å². The average Bonchev–Trinajstić information content (AvgIpc) is 3.53. The van der Waals surface area contributed by atoms with Crippen LogP contribution in [-0.2, 0) is 17.5 Å². The number of aromatic nitrogens is 2. The fraction of sp³-hybridized carbons (Fsp3) is 0.483. The SMILES string of the molecule is C[C@@H]1CCCN1Cc1sc(Nc2nccc(N3CCN(CCC(=O)O)[C@@H](C)C3)c2F)nc1-c1cc(F)cc(C(F)(F)F)c1. The van der Waals surface area contributed by atoms with Gasteiger partial charge in [-0.2, -0.15) is 13.2 Å². The summed E-state index contributed by atoms with van der Waals surface area (Å²) < 4.78 is 70.7. The van der Waals surface area contributed by atoms with E-state index in [0.717, 1.165) is 31.5 Å². The number of rotatable bonds is 9. The lowest BCUT2D eigenvalue weighted by Crippen LogP contribution is -2.52. The summed E-state index contributed by atoms with van der Waals surface area (Å²) in [5.74, 6) is -2.59. The number of aliphatic carboxylic acids is 1. The van der Waals surface area contributed by atoms with E-state index in [4.69, 9.17) is 5.11 Å². The first kappa shape index (κ1) is 31.1. The van der Waals surface area contributed by atoms with Crippen molar-refractivity contribution in [2.75, 3.05) is 42.9 Å². The lowest BCUT2D eigenvalue weighted by molar-refractivity contribution is -0.138. The zero-order valence-corrected chi connectivity index (χ0v) is 24.6. The van der Waals surface area contributed by atoms with Crippen molar-refractivity contribution in [2.24, 2.45) is 0 Å². The molecule has 2 N–H and O–H groups in total. The molecule has 2 atom stereocenters. The highest BCUT2D eigenvalue weighted by Crippen LogP contribution is 2.39. The van der Waals surface area contributed by atoms with Crippen LogP contribution in [-0.4, -0.2) is 75.7 Å². The highest BCUT2D eigenvalue weighted by atomic mass is 32.1. The molecule has 1 aromatic carbocycles. The zero-order chi connectivity index (χ0) is 30.9. The van der Waals surface area contributed by atoms with Gasteiger partial charge in [0.15, 0.2) is 16.8 Å². The Morgan fingerprint density at radius 1 is 1.12 bits per heavy atom. The Morgan fingerprint density at radius 2 is 1.91 bits per heavy atom. The molecule has 5 rings (SSSR count). The molecule has 0 radical (unpaired) electrons. The number of nitrogens with one attached hydrogen (secondary N) is 1. The number of thiazole rings is 1. The van der Waals surface area contributed by atoms with Crippen LogP contribution in [0.5, 0.6) is 0 Å². The van der Waals surface area contributed by atoms with Crippen molar-refractivity contribution in [1.29, 1.82) is 0 Å². The molecule has 0 amide bonds. The monoisotopic (exact) mass is 624 g/mol. The van der Waals surface area contributed by atoms with E-state index >= 15 is 4.39 Å². The molecule has 2 aliphatic rings. The van der Waals surface area contributed by atoms with Gasteiger partial charge in [0.25, 0.3) is 0 Å². The lowest BCUT2D eigenvalue weighted by Gasteiger charge is -2.40. The van der Waals surface area contributed by atoms with Crippen LogP contribution in [0.3, 0.4) is 0 Å². The van der Waals surface area contributed by atoms with Gasteiger partial charge in [0.05, 0.1) is 23.4 Å². The minimum Gasteiger partial charge on any atom is -0.481 e. The first-order valence-electron chi connectivity index (χ1n) is 14.1. The summed E-state index contributed by atoms with van der Waals surface area (Å²) in [5.41, 5.74) is -0.580. The van der Waals surface area contributed by atoms with E-state index in [1.807, 2.05) is 11.8 Å². The molecule has 0 unspecified atom stereocenters. The van der Waals surface area contributed by atoms with Crippen molar-refractivity contribution >= 4 is 33.9 Å². The van der Waals surface area contributed by atoms with Gasteiger partial charge in [0.2, 0.25) is 0 Å². The number of pyridine rings is 1. The third-order valence-electron chi connectivity index (χ3n) is 8.05. The van der Waals surface area contributed by atoms with Gasteiger partial charge in [-0.1, -0.05) is 11.3 Å². The number of likely N-dealkylation sites (tertiary alicyclic amines) is 1. The second kappa shape index (κ2) is 12.7. The number of alkyl halides is 3. The van der Waals surface area contributed by atoms with E-state index in [0.29, 0.717) is 49.4 Å². The number of hydrogen-bond acceptors (Lipinski definition) is 8. The average molecular weight is 625 g/mol. The summed E-state index contributed by atoms with van der Waals surface area (Å²) >= 11 is 1.17. The predicted molar refractivity (Wildman–Crippen MR) is 155 cm³/mol. The Bertz CT molecular complexity index is 1470. The molecule has 2 fully saturated rings. The molecular formula is C29H33F5N6O2S. The van der Waals surface area contributed by atoms with Crippen molar-refractivity contribution in [3.05, 3.63) is 52.5 Å². The molecule has 0 spiro atoms. The number of benzene rings is 1. The van der Waals surface area contributed by atoms with E-state index in [-0.39, 0.29) is 40.7 Å². The first-order valence-corrected chi connectivity index (χ1v) is 14.9. The summed E-state index contributed by atoms with van der Waals surface area (Å²) in [6.07, 6.45) is -1.25. The Hall–Kier alpha value is -3.36. The van der Waals surface area contributed by atoms with Gasteiger partial charge in [0.1, 0.15) is 5.82 Å². The fourth-order valence-electron chi connectivity index (χ4n) is 5.69. The van der Waals surface area contributed by atoms with Crippen LogP contribution in [0.25, 0.3) is 11.3 Å². The molecule has 14 heteroatoms. The quantitative estimate of drug-likeness (QED) is 0.272. The normalized spacial score (nSPS) is 20.1. The fourth-order valence-corrected chi connectivity index (χ4v) is 6.70. The molecule has 3 aromatic rings. The molecule has 232 valence electrons. The van der Waals surface area contributed by atoms with Crippen molar-refractivity contribution in [3.63, 3.8) is 0 Å². The van der Waals surface area contributed by atoms with E-state index in [1.165, 1.54) is 17.5 Å². The van der Waals surface area contributed by atoms with Crippen LogP contribution in [0, 0.1) is 11.6 Å². The molecule has 8 nitrogen and oxygen atoms in total. The number of carboxylic acid groups (broad SMARTS) is 1. The predicted octanol–water partition coefficient (Wildman–Crippen LogP) is 6.22. The number of hydrogen-bond donors (Lipinski definition) is 2. The van der Waals surface area contributed by atoms with Crippen LogP contribution >= 0.6 is 11.3 Å². The van der Waals surface area contributed by atoms with Gasteiger partial charge < -0.3 is 15.3 Å². The van der Waals surface area contributed by atoms with Crippen molar-refractivity contribution in [1.82, 2.24) is 19.8 Å². The highest BCUT2D eigenvalue weighted by molar-refractivity contribution is 7.16. The summed E-state index contributed by atoms with van der Waals surface area (Å²) in [6.45, 7) is 7.23. The van der Waals surface area contributed by atoms with E-state index < -0.39 is 29.3 Å². The summed E-state index contributed by atoms with van der Waals surface area (Å²) in [5, 5.41) is 12.1. The molecule has 0 bridgehead atoms. The topological polar surface area (TPSA) is 84.8 Å². The van der Waals surface area contributed by atoms with Gasteiger partial charge in [0, 0.05) is 61.4 Å². The molecule has 2 aromatic heterocycles. The van der Waals surface area contributed by atoms with Crippen LogP contribution < -0.4 is 10.2 Å². The minimum atomic E-state index is -4.73. The van der Waals surface area contributed by atoms with Crippen LogP contribution in [0.15, 0.2) is 30.5 Å². The molecule has 2 saturated heterocycles. The van der Waals surface area contributed by atoms with Gasteiger partial charge in [-0.05, 0) is 57.5 Å². The van der Waals surface area contributed by atoms with E-state index in [1.54, 1.807) is 6.07 Å². The molecule has 0 aliphatic carbocycles. The highest BCUT2D eigenvalue weighted by Gasteiger charge is 2.33. The van der Waals surface area contributed by atoms with Crippen LogP contribution in [0.2, 0.25) is 0 Å². The maximum Gasteiger partial charge on any atom is 0.416 e. The largest absolute Gasteiger partial charge is 0.481 e. The Balaban J connectivity index is 1.42. The number of halogens is 5. The van der Waals surface area contributed by atoms with Gasteiger partial charge in [-0.25, -0.2) is 18.7 Å². The van der Waals surface area contributed by atoms with Gasteiger partial charge in [-0.15, -0.1) is 0 Å². The van der Waals surface area contributed by atoms with Crippen molar-refractivity contribution < 1.29 is 31.9 Å². The minimum absolute atomic E-state index is 0.00184. The van der Waals surface area contributed by atoms with E-state index in [2.05, 4.69) is 32.0 Å². The third kappa shape index (κ3) is 7.24. The number of carboxylic acids is 1. The second-order valence-corrected chi connectivity index (χ2v) is 12.2. The van der Waals surface area contributed by atoms with Gasteiger partial charge >= 0.3 is 12.1 Å². The van der Waals surface area contributed by atoms with Crippen LogP contribution in [0.1, 0.15) is 43.6 Å². The maximum atomic E-state index is 15.8. The summed E-state index contributed by atoms with van der Waals surface area (Å²) in [6, 6.07) is 4.21. The Morgan fingerprint density at radius 3 is 2.58 bits per heavy atom. The summed E-state index contributed by atoms with van der Waals surface area (Å²) in [4.78, 5) is 26.4. The third-order valence-corrected chi connectivity index (χ3v) is 9.00. The van der Waals surface area contributed by atoms with Crippen LogP contribution in [0.4, 0.5) is 38.6 Å². The standard InChI is InChI=1S/C29H33F5N6O2S/c1-17-4-3-8-39(17)16-23-26(19-12-20(29(32,33)34)14-21(30)13-19)36-28(43-23)37-27-25(31)22(5-7-35-27)40-11-10-38(18(2)15-40)9-6-24(41)42/h5,7,12-14,17-18H,3-4,6,8-11,15-16H2,1-2H3,(H,41,42)(H,35,36,37)/t17-,18+/m1/s1. The number of carbonyl (C=O) groups is 1. The molecule has 0 saturated carbocycles. The lowest BCUT2D eigenvalue weighted by atomic mass is 10.1. The van der Waals surface area contributed by atoms with Crippen molar-refractivity contribution in [3.8, 4) is 11.3 Å². The first-order chi connectivity index (χ1) is 20.4. The molecule has 2 aliphatic heterocycles. The summed E-state index contributed by atoms with van der Waals surface area (Å²) in [7, 11) is 0. The second-order valence-electron chi connectivity index (χ2n) is 11.1. The van der Waals surface area contributed by atoms with Gasteiger partial charge in [-0.3, -0.25) is 14.6 Å².